The van der Waals surface area contributed by atoms with Gasteiger partial charge in [-0.25, -0.2) is 0 Å². The van der Waals surface area contributed by atoms with E-state index >= 15 is 0 Å². The molecule has 1 amide bonds. The molecule has 3 nitrogen and oxygen atoms in total. The minimum Gasteiger partial charge on any atom is -0.351 e. The van der Waals surface area contributed by atoms with Crippen molar-refractivity contribution in [3.05, 3.63) is 34.3 Å². The molecule has 0 saturated carbocycles. The largest absolute Gasteiger partial charge is 0.351 e. The Hall–Kier alpha value is -0.870. The summed E-state index contributed by atoms with van der Waals surface area (Å²) in [5.74, 6) is 0.0209. The van der Waals surface area contributed by atoms with Crippen molar-refractivity contribution in [3.8, 4) is 0 Å². The Kier molecular flexibility index (Phi) is 5.36. The van der Waals surface area contributed by atoms with Crippen molar-refractivity contribution in [2.75, 3.05) is 13.1 Å². The van der Waals surface area contributed by atoms with Crippen LogP contribution in [0, 0.1) is 0 Å². The van der Waals surface area contributed by atoms with E-state index < -0.39 is 0 Å². The van der Waals surface area contributed by atoms with Crippen LogP contribution in [0.25, 0.3) is 0 Å². The molecule has 1 aromatic carbocycles. The van der Waals surface area contributed by atoms with Crippen molar-refractivity contribution in [1.82, 2.24) is 10.6 Å². The van der Waals surface area contributed by atoms with Crippen LogP contribution in [0.3, 0.4) is 0 Å². The van der Waals surface area contributed by atoms with Gasteiger partial charge in [-0.3, -0.25) is 4.79 Å². The SMILES string of the molecule is CCNCC(=O)NCc1ccccc1Br. The normalized spacial score (nSPS) is 10.0. The van der Waals surface area contributed by atoms with E-state index in [2.05, 4.69) is 26.6 Å². The Labute approximate surface area is 98.4 Å². The number of carbonyl (C=O) groups excluding carboxylic acids is 1. The number of carbonyl (C=O) groups is 1. The third-order valence-corrected chi connectivity index (χ3v) is 2.74. The van der Waals surface area contributed by atoms with Gasteiger partial charge in [-0.2, -0.15) is 0 Å². The van der Waals surface area contributed by atoms with Crippen molar-refractivity contribution in [3.63, 3.8) is 0 Å². The summed E-state index contributed by atoms with van der Waals surface area (Å²) in [6, 6.07) is 7.86. The lowest BCUT2D eigenvalue weighted by Crippen LogP contribution is -2.33. The summed E-state index contributed by atoms with van der Waals surface area (Å²) in [4.78, 5) is 11.3. The second kappa shape index (κ2) is 6.58. The van der Waals surface area contributed by atoms with Gasteiger partial charge in [-0.15, -0.1) is 0 Å². The molecule has 82 valence electrons. The lowest BCUT2D eigenvalue weighted by Gasteiger charge is -2.07. The molecular weight excluding hydrogens is 256 g/mol. The van der Waals surface area contributed by atoms with Gasteiger partial charge in [0.25, 0.3) is 0 Å². The second-order valence-electron chi connectivity index (χ2n) is 3.15. The first-order valence-corrected chi connectivity index (χ1v) is 5.74. The molecule has 0 spiro atoms. The molecule has 1 aromatic rings. The molecule has 0 aliphatic heterocycles. The molecule has 0 heterocycles. The van der Waals surface area contributed by atoms with Gasteiger partial charge in [0.05, 0.1) is 6.54 Å². The van der Waals surface area contributed by atoms with Crippen LogP contribution < -0.4 is 10.6 Å². The van der Waals surface area contributed by atoms with Crippen molar-refractivity contribution in [2.45, 2.75) is 13.5 Å². The van der Waals surface area contributed by atoms with Crippen molar-refractivity contribution < 1.29 is 4.79 Å². The predicted molar refractivity (Wildman–Crippen MR) is 64.5 cm³/mol. The summed E-state index contributed by atoms with van der Waals surface area (Å²) in [6.07, 6.45) is 0. The fourth-order valence-corrected chi connectivity index (χ4v) is 1.56. The van der Waals surface area contributed by atoms with E-state index in [0.29, 0.717) is 13.1 Å². The quantitative estimate of drug-likeness (QED) is 0.855. The molecule has 0 unspecified atom stereocenters. The van der Waals surface area contributed by atoms with Crippen molar-refractivity contribution in [2.24, 2.45) is 0 Å². The van der Waals surface area contributed by atoms with Gasteiger partial charge >= 0.3 is 0 Å². The number of nitrogens with one attached hydrogen (secondary N) is 2. The Morgan fingerprint density at radius 3 is 2.80 bits per heavy atom. The van der Waals surface area contributed by atoms with Crippen LogP contribution in [0.15, 0.2) is 28.7 Å². The Morgan fingerprint density at radius 2 is 2.13 bits per heavy atom. The highest BCUT2D eigenvalue weighted by Gasteiger charge is 2.01. The summed E-state index contributed by atoms with van der Waals surface area (Å²) < 4.78 is 1.02. The van der Waals surface area contributed by atoms with Gasteiger partial charge in [0.1, 0.15) is 0 Å². The van der Waals surface area contributed by atoms with Crippen molar-refractivity contribution in [1.29, 1.82) is 0 Å². The molecular formula is C11H15BrN2O. The van der Waals surface area contributed by atoms with Gasteiger partial charge in [0.2, 0.25) is 5.91 Å². The van der Waals surface area contributed by atoms with E-state index in [1.807, 2.05) is 31.2 Å². The smallest absolute Gasteiger partial charge is 0.234 e. The molecule has 0 bridgehead atoms. The minimum atomic E-state index is 0.0209. The summed E-state index contributed by atoms with van der Waals surface area (Å²) in [5.41, 5.74) is 1.09. The second-order valence-corrected chi connectivity index (χ2v) is 4.00. The van der Waals surface area contributed by atoms with E-state index in [0.717, 1.165) is 16.6 Å². The van der Waals surface area contributed by atoms with Crippen LogP contribution in [0.1, 0.15) is 12.5 Å². The van der Waals surface area contributed by atoms with Crippen LogP contribution in [-0.2, 0) is 11.3 Å². The topological polar surface area (TPSA) is 41.1 Å². The van der Waals surface area contributed by atoms with E-state index in [1.165, 1.54) is 0 Å². The summed E-state index contributed by atoms with van der Waals surface area (Å²) in [6.45, 7) is 3.72. The highest BCUT2D eigenvalue weighted by atomic mass is 79.9. The number of benzene rings is 1. The average Bonchev–Trinajstić information content (AvgIpc) is 2.25. The summed E-state index contributed by atoms with van der Waals surface area (Å²) in [7, 11) is 0. The molecule has 0 saturated heterocycles. The minimum absolute atomic E-state index is 0.0209. The first-order valence-electron chi connectivity index (χ1n) is 4.95. The maximum atomic E-state index is 11.3. The molecule has 0 aliphatic rings. The van der Waals surface area contributed by atoms with Crippen molar-refractivity contribution >= 4 is 21.8 Å². The van der Waals surface area contributed by atoms with E-state index in [9.17, 15) is 4.79 Å². The first kappa shape index (κ1) is 12.2. The summed E-state index contributed by atoms with van der Waals surface area (Å²) in [5, 5.41) is 5.82. The highest BCUT2D eigenvalue weighted by molar-refractivity contribution is 9.10. The Balaban J connectivity index is 2.37. The van der Waals surface area contributed by atoms with Gasteiger partial charge < -0.3 is 10.6 Å². The third-order valence-electron chi connectivity index (χ3n) is 1.97. The fourth-order valence-electron chi connectivity index (χ4n) is 1.14. The van der Waals surface area contributed by atoms with Crippen LogP contribution in [0.5, 0.6) is 0 Å². The fraction of sp³-hybridized carbons (Fsp3) is 0.364. The monoisotopic (exact) mass is 270 g/mol. The Morgan fingerprint density at radius 1 is 1.40 bits per heavy atom. The first-order chi connectivity index (χ1) is 7.24. The average molecular weight is 271 g/mol. The molecule has 15 heavy (non-hydrogen) atoms. The zero-order valence-electron chi connectivity index (χ0n) is 8.72. The molecule has 2 N–H and O–H groups in total. The molecule has 0 aromatic heterocycles. The number of likely N-dealkylation sites (N-methyl/N-ethyl adjacent to an activating group) is 1. The van der Waals surface area contributed by atoms with Gasteiger partial charge in [0.15, 0.2) is 0 Å². The van der Waals surface area contributed by atoms with E-state index in [1.54, 1.807) is 0 Å². The maximum absolute atomic E-state index is 11.3. The molecule has 0 fully saturated rings. The maximum Gasteiger partial charge on any atom is 0.234 e. The summed E-state index contributed by atoms with van der Waals surface area (Å²) >= 11 is 3.43. The van der Waals surface area contributed by atoms with Crippen LogP contribution in [-0.4, -0.2) is 19.0 Å². The lowest BCUT2D eigenvalue weighted by atomic mass is 10.2. The predicted octanol–water partition coefficient (Wildman–Crippen LogP) is 1.67. The number of halogens is 1. The molecule has 0 atom stereocenters. The van der Waals surface area contributed by atoms with E-state index in [-0.39, 0.29) is 5.91 Å². The van der Waals surface area contributed by atoms with Gasteiger partial charge in [-0.05, 0) is 18.2 Å². The number of amides is 1. The third kappa shape index (κ3) is 4.44. The standard InChI is InChI=1S/C11H15BrN2O/c1-2-13-8-11(15)14-7-9-5-3-4-6-10(9)12/h3-6,13H,2,7-8H2,1H3,(H,14,15). The van der Waals surface area contributed by atoms with Crippen LogP contribution >= 0.6 is 15.9 Å². The number of hydrogen-bond acceptors (Lipinski definition) is 2. The van der Waals surface area contributed by atoms with Crippen LogP contribution in [0.4, 0.5) is 0 Å². The van der Waals surface area contributed by atoms with E-state index in [4.69, 9.17) is 0 Å². The number of hydrogen-bond donors (Lipinski definition) is 2. The zero-order chi connectivity index (χ0) is 11.1. The molecule has 0 radical (unpaired) electrons. The number of rotatable bonds is 5. The molecule has 0 aliphatic carbocycles. The highest BCUT2D eigenvalue weighted by Crippen LogP contribution is 2.14. The molecule has 4 heteroatoms. The molecule has 1 rings (SSSR count). The van der Waals surface area contributed by atoms with Crippen LogP contribution in [0.2, 0.25) is 0 Å². The van der Waals surface area contributed by atoms with Gasteiger partial charge in [0, 0.05) is 11.0 Å². The zero-order valence-corrected chi connectivity index (χ0v) is 10.3. The Bertz CT molecular complexity index is 328. The van der Waals surface area contributed by atoms with Gasteiger partial charge in [-0.1, -0.05) is 41.1 Å². The lowest BCUT2D eigenvalue weighted by molar-refractivity contribution is -0.120.